The highest BCUT2D eigenvalue weighted by molar-refractivity contribution is 5.95. The highest BCUT2D eigenvalue weighted by atomic mass is 16.5. The zero-order chi connectivity index (χ0) is 28.1. The van der Waals surface area contributed by atoms with Gasteiger partial charge >= 0.3 is 0 Å². The van der Waals surface area contributed by atoms with Crippen molar-refractivity contribution in [3.8, 4) is 0 Å². The fourth-order valence-corrected chi connectivity index (χ4v) is 4.06. The van der Waals surface area contributed by atoms with E-state index in [1.807, 2.05) is 78.9 Å². The third kappa shape index (κ3) is 8.62. The van der Waals surface area contributed by atoms with Gasteiger partial charge in [-0.3, -0.25) is 4.79 Å². The summed E-state index contributed by atoms with van der Waals surface area (Å²) in [5, 5.41) is 17.9. The summed E-state index contributed by atoms with van der Waals surface area (Å²) in [6, 6.07) is 24.9. The fraction of sp³-hybridized carbons (Fsp3) is 0.267. The number of Topliss-reactive ketones (excluding diaryl/α,β-unsaturated/α-hetero) is 1. The first-order chi connectivity index (χ1) is 20.2. The molecule has 3 aromatic carbocycles. The molecule has 0 spiro atoms. The molecule has 1 aromatic heterocycles. The van der Waals surface area contributed by atoms with Crippen LogP contribution in [0.1, 0.15) is 28.8 Å². The van der Waals surface area contributed by atoms with E-state index in [-0.39, 0.29) is 5.78 Å². The van der Waals surface area contributed by atoms with Crippen molar-refractivity contribution in [1.29, 1.82) is 0 Å². The SMILES string of the molecule is O=C(CCCOCCOCCNc1nc(Nc2ccccc2)nc(Nc2ccc3c(c2)N=NC3)n1)c1ccccc1. The Labute approximate surface area is 238 Å². The monoisotopic (exact) mass is 552 g/mol. The van der Waals surface area contributed by atoms with E-state index in [9.17, 15) is 4.79 Å². The number of nitrogens with zero attached hydrogens (tertiary/aromatic N) is 5. The van der Waals surface area contributed by atoms with Gasteiger partial charge in [-0.05, 0) is 30.7 Å². The molecule has 0 fully saturated rings. The fourth-order valence-electron chi connectivity index (χ4n) is 4.06. The number of benzene rings is 3. The van der Waals surface area contributed by atoms with Crippen molar-refractivity contribution in [1.82, 2.24) is 15.0 Å². The Kier molecular flexibility index (Phi) is 9.90. The molecule has 0 amide bonds. The normalized spacial score (nSPS) is 11.7. The summed E-state index contributed by atoms with van der Waals surface area (Å²) in [6.45, 7) is 2.98. The van der Waals surface area contributed by atoms with Crippen molar-refractivity contribution >= 4 is 40.7 Å². The number of hydrogen-bond donors (Lipinski definition) is 3. The number of azo groups is 1. The second-order valence-electron chi connectivity index (χ2n) is 9.21. The minimum absolute atomic E-state index is 0.133. The Morgan fingerprint density at radius 3 is 2.20 bits per heavy atom. The molecule has 0 radical (unpaired) electrons. The van der Waals surface area contributed by atoms with Gasteiger partial charge in [0.1, 0.15) is 0 Å². The van der Waals surface area contributed by atoms with Crippen molar-refractivity contribution in [2.24, 2.45) is 10.2 Å². The van der Waals surface area contributed by atoms with Crippen LogP contribution in [0.25, 0.3) is 0 Å². The number of anilines is 5. The number of fused-ring (bicyclic) bond motifs is 1. The molecule has 0 aliphatic carbocycles. The number of carbonyl (C=O) groups excluding carboxylic acids is 1. The lowest BCUT2D eigenvalue weighted by atomic mass is 10.1. The van der Waals surface area contributed by atoms with E-state index in [4.69, 9.17) is 9.47 Å². The highest BCUT2D eigenvalue weighted by Crippen LogP contribution is 2.30. The molecular formula is C30H32N8O3. The van der Waals surface area contributed by atoms with Gasteiger partial charge in [0, 0.05) is 42.1 Å². The molecule has 0 saturated heterocycles. The van der Waals surface area contributed by atoms with E-state index >= 15 is 0 Å². The van der Waals surface area contributed by atoms with E-state index in [1.54, 1.807) is 0 Å². The second kappa shape index (κ2) is 14.6. The zero-order valence-corrected chi connectivity index (χ0v) is 22.6. The van der Waals surface area contributed by atoms with E-state index in [0.29, 0.717) is 70.2 Å². The van der Waals surface area contributed by atoms with Crippen LogP contribution in [0.15, 0.2) is 89.1 Å². The smallest absolute Gasteiger partial charge is 0.233 e. The van der Waals surface area contributed by atoms with E-state index in [2.05, 4.69) is 41.1 Å². The summed E-state index contributed by atoms with van der Waals surface area (Å²) in [7, 11) is 0. The Morgan fingerprint density at radius 2 is 1.41 bits per heavy atom. The molecule has 3 N–H and O–H groups in total. The largest absolute Gasteiger partial charge is 0.379 e. The minimum Gasteiger partial charge on any atom is -0.379 e. The minimum atomic E-state index is 0.133. The molecule has 4 aromatic rings. The Balaban J connectivity index is 1.06. The summed E-state index contributed by atoms with van der Waals surface area (Å²) in [4.78, 5) is 25.7. The number of aromatic nitrogens is 3. The summed E-state index contributed by atoms with van der Waals surface area (Å²) < 4.78 is 11.3. The van der Waals surface area contributed by atoms with Gasteiger partial charge in [0.15, 0.2) is 5.78 Å². The van der Waals surface area contributed by atoms with Crippen LogP contribution in [0.2, 0.25) is 0 Å². The van der Waals surface area contributed by atoms with Crippen molar-refractivity contribution in [3.05, 3.63) is 90.0 Å². The lowest BCUT2D eigenvalue weighted by molar-refractivity contribution is 0.0497. The van der Waals surface area contributed by atoms with Crippen LogP contribution >= 0.6 is 0 Å². The average molecular weight is 553 g/mol. The number of rotatable bonds is 16. The lowest BCUT2D eigenvalue weighted by Crippen LogP contribution is -2.15. The lowest BCUT2D eigenvalue weighted by Gasteiger charge is -2.12. The van der Waals surface area contributed by atoms with Gasteiger partial charge in [-0.2, -0.15) is 25.2 Å². The quantitative estimate of drug-likeness (QED) is 0.112. The molecule has 11 nitrogen and oxygen atoms in total. The van der Waals surface area contributed by atoms with Gasteiger partial charge in [-0.15, -0.1) is 0 Å². The van der Waals surface area contributed by atoms with Crippen molar-refractivity contribution < 1.29 is 14.3 Å². The van der Waals surface area contributed by atoms with Crippen molar-refractivity contribution in [2.75, 3.05) is 48.9 Å². The molecule has 1 aliphatic heterocycles. The molecule has 11 heteroatoms. The number of ether oxygens (including phenoxy) is 2. The molecule has 5 rings (SSSR count). The first-order valence-corrected chi connectivity index (χ1v) is 13.6. The Hall–Kier alpha value is -4.74. The number of hydrogen-bond acceptors (Lipinski definition) is 11. The number of carbonyl (C=O) groups is 1. The molecule has 2 heterocycles. The molecule has 0 saturated carbocycles. The first-order valence-electron chi connectivity index (χ1n) is 13.6. The number of para-hydroxylation sites is 1. The highest BCUT2D eigenvalue weighted by Gasteiger charge is 2.11. The number of ketones is 1. The van der Waals surface area contributed by atoms with E-state index < -0.39 is 0 Å². The molecule has 41 heavy (non-hydrogen) atoms. The Morgan fingerprint density at radius 1 is 0.732 bits per heavy atom. The van der Waals surface area contributed by atoms with Gasteiger partial charge < -0.3 is 25.4 Å². The standard InChI is InChI=1S/C30H32N8O3/c39-27(22-8-3-1-4-9-22)12-7-16-40-18-19-41-17-15-31-28-35-29(33-24-10-5-2-6-11-24)37-30(36-28)34-25-14-13-23-21-32-38-26(23)20-25/h1-6,8-11,13-14,20H,7,12,15-19,21H2,(H3,31,33,34,35,36,37). The second-order valence-corrected chi connectivity index (χ2v) is 9.21. The zero-order valence-electron chi connectivity index (χ0n) is 22.6. The van der Waals surface area contributed by atoms with Gasteiger partial charge in [-0.1, -0.05) is 54.6 Å². The predicted molar refractivity (Wildman–Crippen MR) is 158 cm³/mol. The topological polar surface area (TPSA) is 135 Å². The van der Waals surface area contributed by atoms with Gasteiger partial charge in [0.2, 0.25) is 17.8 Å². The molecule has 1 aliphatic rings. The van der Waals surface area contributed by atoms with Crippen LogP contribution < -0.4 is 16.0 Å². The summed E-state index contributed by atoms with van der Waals surface area (Å²) in [5.74, 6) is 1.33. The van der Waals surface area contributed by atoms with Gasteiger partial charge in [-0.25, -0.2) is 0 Å². The van der Waals surface area contributed by atoms with E-state index in [0.717, 1.165) is 28.2 Å². The average Bonchev–Trinajstić information content (AvgIpc) is 3.47. The third-order valence-corrected chi connectivity index (χ3v) is 6.12. The van der Waals surface area contributed by atoms with Crippen LogP contribution in [0, 0.1) is 0 Å². The maximum absolute atomic E-state index is 12.1. The maximum atomic E-state index is 12.1. The van der Waals surface area contributed by atoms with Crippen LogP contribution in [0.4, 0.5) is 34.9 Å². The summed E-state index contributed by atoms with van der Waals surface area (Å²) in [5.41, 5.74) is 4.33. The van der Waals surface area contributed by atoms with Crippen LogP contribution in [-0.4, -0.2) is 53.7 Å². The van der Waals surface area contributed by atoms with Crippen molar-refractivity contribution in [2.45, 2.75) is 19.4 Å². The van der Waals surface area contributed by atoms with Crippen LogP contribution in [0.5, 0.6) is 0 Å². The molecule has 210 valence electrons. The van der Waals surface area contributed by atoms with Gasteiger partial charge in [0.25, 0.3) is 0 Å². The maximum Gasteiger partial charge on any atom is 0.233 e. The van der Waals surface area contributed by atoms with Crippen LogP contribution in [-0.2, 0) is 16.0 Å². The molecule has 0 bridgehead atoms. The Bertz CT molecular complexity index is 1450. The summed E-state index contributed by atoms with van der Waals surface area (Å²) in [6.07, 6.45) is 1.15. The predicted octanol–water partition coefficient (Wildman–Crippen LogP) is 6.06. The van der Waals surface area contributed by atoms with Crippen molar-refractivity contribution in [3.63, 3.8) is 0 Å². The third-order valence-electron chi connectivity index (χ3n) is 6.12. The van der Waals surface area contributed by atoms with Gasteiger partial charge in [0.05, 0.1) is 32.1 Å². The molecular weight excluding hydrogens is 520 g/mol. The van der Waals surface area contributed by atoms with E-state index in [1.165, 1.54) is 0 Å². The summed E-state index contributed by atoms with van der Waals surface area (Å²) >= 11 is 0. The van der Waals surface area contributed by atoms with Crippen LogP contribution in [0.3, 0.4) is 0 Å². The first kappa shape index (κ1) is 27.8. The number of nitrogens with one attached hydrogen (secondary N) is 3. The molecule has 0 unspecified atom stereocenters. The molecule has 0 atom stereocenters.